The van der Waals surface area contributed by atoms with E-state index in [1.807, 2.05) is 31.2 Å². The van der Waals surface area contributed by atoms with E-state index in [0.29, 0.717) is 19.5 Å². The van der Waals surface area contributed by atoms with Crippen molar-refractivity contribution in [3.8, 4) is 0 Å². The smallest absolute Gasteiger partial charge is 0.319 e. The standard InChI is InChI=1S/C21H24FN3O2/c1-15-9-11-16(12-10-15)14-25-13-5-4-8-19(20(25)26)24-21(27)23-18-7-3-2-6-17(18)22/h2-3,6-7,9-12,19H,4-5,8,13-14H2,1H3,(H2,23,24,27). The average Bonchev–Trinajstić information content (AvgIpc) is 2.81. The maximum atomic E-state index is 13.7. The lowest BCUT2D eigenvalue weighted by atomic mass is 10.1. The molecule has 1 unspecified atom stereocenters. The molecule has 142 valence electrons. The van der Waals surface area contributed by atoms with Crippen LogP contribution in [0, 0.1) is 12.7 Å². The molecular weight excluding hydrogens is 345 g/mol. The maximum absolute atomic E-state index is 13.7. The first-order chi connectivity index (χ1) is 13.0. The highest BCUT2D eigenvalue weighted by molar-refractivity contribution is 5.93. The lowest BCUT2D eigenvalue weighted by Gasteiger charge is -2.25. The Kier molecular flexibility index (Phi) is 6.06. The second-order valence-corrected chi connectivity index (χ2v) is 6.87. The van der Waals surface area contributed by atoms with Crippen LogP contribution in [0.25, 0.3) is 0 Å². The molecule has 2 aromatic rings. The van der Waals surface area contributed by atoms with Crippen molar-refractivity contribution in [2.75, 3.05) is 11.9 Å². The summed E-state index contributed by atoms with van der Waals surface area (Å²) in [6.07, 6.45) is 2.32. The Morgan fingerprint density at radius 1 is 1.15 bits per heavy atom. The van der Waals surface area contributed by atoms with Gasteiger partial charge in [0.2, 0.25) is 5.91 Å². The molecule has 27 heavy (non-hydrogen) atoms. The molecule has 0 spiro atoms. The zero-order valence-electron chi connectivity index (χ0n) is 15.4. The summed E-state index contributed by atoms with van der Waals surface area (Å²) in [5.74, 6) is -0.613. The predicted molar refractivity (Wildman–Crippen MR) is 103 cm³/mol. The van der Waals surface area contributed by atoms with E-state index in [2.05, 4.69) is 10.6 Å². The number of carbonyl (C=O) groups is 2. The second kappa shape index (κ2) is 8.66. The molecule has 0 bridgehead atoms. The largest absolute Gasteiger partial charge is 0.337 e. The molecule has 1 saturated heterocycles. The summed E-state index contributed by atoms with van der Waals surface area (Å²) in [7, 11) is 0. The van der Waals surface area contributed by atoms with Gasteiger partial charge in [-0.3, -0.25) is 4.79 Å². The molecule has 0 radical (unpaired) electrons. The van der Waals surface area contributed by atoms with Gasteiger partial charge in [-0.15, -0.1) is 0 Å². The number of carbonyl (C=O) groups excluding carboxylic acids is 2. The summed E-state index contributed by atoms with van der Waals surface area (Å²) in [6, 6.07) is 12.8. The molecule has 2 aromatic carbocycles. The van der Waals surface area contributed by atoms with Crippen molar-refractivity contribution in [1.29, 1.82) is 0 Å². The van der Waals surface area contributed by atoms with Crippen molar-refractivity contribution in [3.63, 3.8) is 0 Å². The Balaban J connectivity index is 1.63. The van der Waals surface area contributed by atoms with Crippen molar-refractivity contribution in [2.24, 2.45) is 0 Å². The Morgan fingerprint density at radius 3 is 2.63 bits per heavy atom. The van der Waals surface area contributed by atoms with Crippen LogP contribution in [-0.2, 0) is 11.3 Å². The maximum Gasteiger partial charge on any atom is 0.319 e. The van der Waals surface area contributed by atoms with Gasteiger partial charge >= 0.3 is 6.03 Å². The molecule has 1 aliphatic rings. The van der Waals surface area contributed by atoms with Crippen LogP contribution in [0.4, 0.5) is 14.9 Å². The molecule has 5 nitrogen and oxygen atoms in total. The summed E-state index contributed by atoms with van der Waals surface area (Å²) < 4.78 is 13.7. The van der Waals surface area contributed by atoms with Crippen molar-refractivity contribution in [3.05, 3.63) is 65.5 Å². The summed E-state index contributed by atoms with van der Waals surface area (Å²) in [6.45, 7) is 3.21. The first-order valence-corrected chi connectivity index (χ1v) is 9.19. The third kappa shape index (κ3) is 5.06. The van der Waals surface area contributed by atoms with Crippen molar-refractivity contribution >= 4 is 17.6 Å². The number of anilines is 1. The number of nitrogens with one attached hydrogen (secondary N) is 2. The number of aryl methyl sites for hydroxylation is 1. The van der Waals surface area contributed by atoms with Crippen LogP contribution in [0.2, 0.25) is 0 Å². The van der Waals surface area contributed by atoms with E-state index in [1.165, 1.54) is 17.7 Å². The first-order valence-electron chi connectivity index (χ1n) is 9.19. The van der Waals surface area contributed by atoms with E-state index >= 15 is 0 Å². The molecule has 1 atom stereocenters. The number of benzene rings is 2. The van der Waals surface area contributed by atoms with Crippen LogP contribution < -0.4 is 10.6 Å². The quantitative estimate of drug-likeness (QED) is 0.860. The molecule has 1 aliphatic heterocycles. The van der Waals surface area contributed by atoms with Crippen LogP contribution in [0.5, 0.6) is 0 Å². The third-order valence-corrected chi connectivity index (χ3v) is 4.70. The minimum absolute atomic E-state index is 0.0904. The van der Waals surface area contributed by atoms with E-state index in [0.717, 1.165) is 18.4 Å². The van der Waals surface area contributed by atoms with Gasteiger partial charge in [-0.2, -0.15) is 0 Å². The molecular formula is C21H24FN3O2. The molecule has 6 heteroatoms. The van der Waals surface area contributed by atoms with Crippen molar-refractivity contribution in [1.82, 2.24) is 10.2 Å². The zero-order chi connectivity index (χ0) is 19.2. The van der Waals surface area contributed by atoms with Gasteiger partial charge in [0, 0.05) is 13.1 Å². The highest BCUT2D eigenvalue weighted by atomic mass is 19.1. The number of para-hydroxylation sites is 1. The highest BCUT2D eigenvalue weighted by Crippen LogP contribution is 2.17. The number of amides is 3. The molecule has 3 rings (SSSR count). The van der Waals surface area contributed by atoms with Crippen molar-refractivity contribution < 1.29 is 14.0 Å². The Labute approximate surface area is 158 Å². The van der Waals surface area contributed by atoms with Crippen LogP contribution in [0.3, 0.4) is 0 Å². The zero-order valence-corrected chi connectivity index (χ0v) is 15.4. The highest BCUT2D eigenvalue weighted by Gasteiger charge is 2.28. The number of halogens is 1. The number of hydrogen-bond acceptors (Lipinski definition) is 2. The summed E-state index contributed by atoms with van der Waals surface area (Å²) >= 11 is 0. The fourth-order valence-electron chi connectivity index (χ4n) is 3.19. The average molecular weight is 369 g/mol. The van der Waals surface area contributed by atoms with Gasteiger partial charge < -0.3 is 15.5 Å². The fraction of sp³-hybridized carbons (Fsp3) is 0.333. The minimum atomic E-state index is -0.607. The summed E-state index contributed by atoms with van der Waals surface area (Å²) in [4.78, 5) is 26.9. The monoisotopic (exact) mass is 369 g/mol. The SMILES string of the molecule is Cc1ccc(CN2CCCCC(NC(=O)Nc3ccccc3F)C2=O)cc1. The van der Waals surface area contributed by atoms with E-state index in [-0.39, 0.29) is 11.6 Å². The lowest BCUT2D eigenvalue weighted by Crippen LogP contribution is -2.48. The van der Waals surface area contributed by atoms with Crippen molar-refractivity contribution in [2.45, 2.75) is 38.8 Å². The Bertz CT molecular complexity index is 807. The van der Waals surface area contributed by atoms with Gasteiger partial charge in [-0.1, -0.05) is 42.0 Å². The second-order valence-electron chi connectivity index (χ2n) is 6.87. The van der Waals surface area contributed by atoms with E-state index < -0.39 is 17.9 Å². The molecule has 0 saturated carbocycles. The van der Waals surface area contributed by atoms with E-state index in [9.17, 15) is 14.0 Å². The summed E-state index contributed by atoms with van der Waals surface area (Å²) in [5.41, 5.74) is 2.32. The normalized spacial score (nSPS) is 17.3. The van der Waals surface area contributed by atoms with E-state index in [4.69, 9.17) is 0 Å². The van der Waals surface area contributed by atoms with Gasteiger partial charge in [0.1, 0.15) is 11.9 Å². The van der Waals surface area contributed by atoms with Gasteiger partial charge in [0.15, 0.2) is 0 Å². The fourth-order valence-corrected chi connectivity index (χ4v) is 3.19. The van der Waals surface area contributed by atoms with Crippen LogP contribution >= 0.6 is 0 Å². The summed E-state index contributed by atoms with van der Waals surface area (Å²) in [5, 5.41) is 5.17. The van der Waals surface area contributed by atoms with Gasteiger partial charge in [-0.25, -0.2) is 9.18 Å². The molecule has 2 N–H and O–H groups in total. The predicted octanol–water partition coefficient (Wildman–Crippen LogP) is 3.84. The van der Waals surface area contributed by atoms with E-state index in [1.54, 1.807) is 17.0 Å². The molecule has 1 heterocycles. The lowest BCUT2D eigenvalue weighted by molar-refractivity contribution is -0.133. The molecule has 0 aliphatic carbocycles. The van der Waals surface area contributed by atoms with Gasteiger partial charge in [0.05, 0.1) is 5.69 Å². The molecule has 3 amide bonds. The molecule has 0 aromatic heterocycles. The number of likely N-dealkylation sites (tertiary alicyclic amines) is 1. The first kappa shape index (κ1) is 18.9. The van der Waals surface area contributed by atoms with Crippen LogP contribution in [0.15, 0.2) is 48.5 Å². The molecule has 1 fully saturated rings. The number of rotatable bonds is 4. The number of nitrogens with zero attached hydrogens (tertiary/aromatic N) is 1. The minimum Gasteiger partial charge on any atom is -0.337 e. The Morgan fingerprint density at radius 2 is 1.89 bits per heavy atom. The Hall–Kier alpha value is -2.89. The van der Waals surface area contributed by atoms with Crippen LogP contribution in [-0.4, -0.2) is 29.4 Å². The topological polar surface area (TPSA) is 61.4 Å². The van der Waals surface area contributed by atoms with Crippen LogP contribution in [0.1, 0.15) is 30.4 Å². The van der Waals surface area contributed by atoms with Gasteiger partial charge in [-0.05, 0) is 43.9 Å². The number of hydrogen-bond donors (Lipinski definition) is 2. The van der Waals surface area contributed by atoms with Gasteiger partial charge in [0.25, 0.3) is 0 Å². The third-order valence-electron chi connectivity index (χ3n) is 4.70. The number of urea groups is 1.